The van der Waals surface area contributed by atoms with Gasteiger partial charge in [-0.05, 0) is 24.3 Å². The van der Waals surface area contributed by atoms with Gasteiger partial charge in [0, 0.05) is 25.3 Å². The summed E-state index contributed by atoms with van der Waals surface area (Å²) in [7, 11) is 1.00. The summed E-state index contributed by atoms with van der Waals surface area (Å²) in [6.07, 6.45) is -13.4. The van der Waals surface area contributed by atoms with E-state index in [4.69, 9.17) is 30.9 Å². The van der Waals surface area contributed by atoms with Crippen LogP contribution in [0, 0.1) is 5.82 Å². The number of carbonyl (C=O) groups is 2. The number of hydrogen-bond donors (Lipinski definition) is 6. The van der Waals surface area contributed by atoms with Gasteiger partial charge < -0.3 is 45.7 Å². The smallest absolute Gasteiger partial charge is 0.453 e. The van der Waals surface area contributed by atoms with E-state index in [1.165, 1.54) is 0 Å². The molecule has 2 aromatic carbocycles. The number of nitrogens with one attached hydrogen (secondary N) is 2. The summed E-state index contributed by atoms with van der Waals surface area (Å²) in [5, 5.41) is 36.4. The standard InChI is InChI=1S/C22H14F7N3O8.CH4O/c23-17-11(20(24,25)26)2-4-14(16(17)19(34)32-9-5-6-31-12(7-9)18(30)33)38-13-3-1-10(39-21(27,28)29)8-15(13)40-22(35,36)37;1-2/h1-8,35-37H,(H2,30,33)(H,31,32,34);2H,1H3/p+1. The summed E-state index contributed by atoms with van der Waals surface area (Å²) in [4.78, 5) is 26.7. The monoisotopic (exact) mass is 614 g/mol. The number of amides is 2. The molecule has 3 aromatic rings. The fourth-order valence-corrected chi connectivity index (χ4v) is 3.07. The molecule has 0 fully saturated rings. The van der Waals surface area contributed by atoms with E-state index < -0.39 is 70.5 Å². The zero-order valence-electron chi connectivity index (χ0n) is 20.7. The second-order valence-electron chi connectivity index (χ2n) is 7.54. The lowest BCUT2D eigenvalue weighted by Crippen LogP contribution is -2.34. The van der Waals surface area contributed by atoms with E-state index in [0.717, 1.165) is 25.4 Å². The Bertz CT molecular complexity index is 1440. The van der Waals surface area contributed by atoms with Crippen molar-refractivity contribution in [1.29, 1.82) is 0 Å². The van der Waals surface area contributed by atoms with Crippen LogP contribution in [-0.2, 0) is 6.18 Å². The molecular weight excluding hydrogens is 595 g/mol. The van der Waals surface area contributed by atoms with Crippen LogP contribution >= 0.6 is 0 Å². The van der Waals surface area contributed by atoms with Crippen LogP contribution in [-0.4, -0.2) is 51.9 Å². The number of primary amides is 1. The van der Waals surface area contributed by atoms with Crippen LogP contribution in [0.2, 0.25) is 0 Å². The summed E-state index contributed by atoms with van der Waals surface area (Å²) in [6.45, 7) is 0. The highest BCUT2D eigenvalue weighted by molar-refractivity contribution is 6.07. The van der Waals surface area contributed by atoms with Gasteiger partial charge in [0.25, 0.3) is 11.6 Å². The fraction of sp³-hybridized carbons (Fsp3) is 0.174. The summed E-state index contributed by atoms with van der Waals surface area (Å²) >= 11 is 0. The lowest BCUT2D eigenvalue weighted by Gasteiger charge is -2.20. The van der Waals surface area contributed by atoms with Crippen LogP contribution in [0.3, 0.4) is 0 Å². The van der Waals surface area contributed by atoms with E-state index in [9.17, 15) is 35.9 Å². The van der Waals surface area contributed by atoms with E-state index >= 15 is 4.39 Å². The molecule has 1 heterocycles. The van der Waals surface area contributed by atoms with Gasteiger partial charge in [-0.3, -0.25) is 9.59 Å². The predicted octanol–water partition coefficient (Wildman–Crippen LogP) is 2.28. The predicted molar refractivity (Wildman–Crippen MR) is 122 cm³/mol. The second-order valence-corrected chi connectivity index (χ2v) is 7.54. The quantitative estimate of drug-likeness (QED) is 0.163. The first kappa shape index (κ1) is 33.5. The molecule has 1 aromatic heterocycles. The largest absolute Gasteiger partial charge is 0.573 e. The molecule has 2 amide bonds. The van der Waals surface area contributed by atoms with E-state index in [-0.39, 0.29) is 17.4 Å². The van der Waals surface area contributed by atoms with Gasteiger partial charge in [-0.2, -0.15) is 13.2 Å². The number of pyridine rings is 1. The maximum absolute atomic E-state index is 15.1. The van der Waals surface area contributed by atoms with Crippen LogP contribution < -0.4 is 30.2 Å². The van der Waals surface area contributed by atoms with Gasteiger partial charge >= 0.3 is 24.6 Å². The Balaban J connectivity index is 0.00000301. The molecule has 0 aliphatic heterocycles. The van der Waals surface area contributed by atoms with Crippen LogP contribution in [0.25, 0.3) is 0 Å². The maximum Gasteiger partial charge on any atom is 0.573 e. The second kappa shape index (κ2) is 12.9. The third-order valence-electron chi connectivity index (χ3n) is 4.58. The fourth-order valence-electron chi connectivity index (χ4n) is 3.07. The number of benzene rings is 2. The SMILES string of the molecule is CO.NC(=O)c1cc(NC(=O)c2c(Oc3ccc(OC(F)(F)F)cc3OC(O)(O)O)ccc(C(F)(F)F)c2F)cc[nH+]1. The van der Waals surface area contributed by atoms with Crippen LogP contribution in [0.15, 0.2) is 48.7 Å². The van der Waals surface area contributed by atoms with Crippen molar-refractivity contribution < 1.29 is 79.9 Å². The molecule has 0 aliphatic rings. The zero-order valence-corrected chi connectivity index (χ0v) is 20.7. The number of anilines is 1. The third-order valence-corrected chi connectivity index (χ3v) is 4.58. The molecule has 0 bridgehead atoms. The molecule has 0 saturated heterocycles. The van der Waals surface area contributed by atoms with Crippen molar-refractivity contribution in [2.24, 2.45) is 5.73 Å². The molecule has 228 valence electrons. The van der Waals surface area contributed by atoms with Crippen molar-refractivity contribution in [1.82, 2.24) is 0 Å². The van der Waals surface area contributed by atoms with Gasteiger partial charge in [-0.1, -0.05) is 0 Å². The molecule has 8 N–H and O–H groups in total. The molecule has 0 unspecified atom stereocenters. The number of aromatic nitrogens is 1. The van der Waals surface area contributed by atoms with Crippen molar-refractivity contribution in [3.05, 3.63) is 71.3 Å². The zero-order chi connectivity index (χ0) is 32.0. The van der Waals surface area contributed by atoms with Gasteiger partial charge in [-0.15, -0.1) is 13.2 Å². The number of alkyl halides is 6. The molecule has 0 atom stereocenters. The number of nitrogens with two attached hydrogens (primary N) is 1. The highest BCUT2D eigenvalue weighted by atomic mass is 19.4. The van der Waals surface area contributed by atoms with Crippen molar-refractivity contribution in [3.8, 4) is 23.0 Å². The van der Waals surface area contributed by atoms with Crippen molar-refractivity contribution >= 4 is 17.5 Å². The third kappa shape index (κ3) is 9.16. The molecule has 0 spiro atoms. The van der Waals surface area contributed by atoms with E-state index in [2.05, 4.69) is 14.5 Å². The normalized spacial score (nSPS) is 11.6. The first-order chi connectivity index (χ1) is 19.3. The highest BCUT2D eigenvalue weighted by Gasteiger charge is 2.38. The molecule has 12 nitrogen and oxygen atoms in total. The first-order valence-corrected chi connectivity index (χ1v) is 10.7. The Hall–Kier alpha value is -4.72. The minimum Gasteiger partial charge on any atom is -0.453 e. The summed E-state index contributed by atoms with van der Waals surface area (Å²) in [5.74, 6) is -8.65. The van der Waals surface area contributed by atoms with Gasteiger partial charge in [-0.25, -0.2) is 9.37 Å². The number of rotatable bonds is 8. The molecular formula is C23H19F7N3O9+. The molecule has 0 saturated carbocycles. The molecule has 0 aliphatic carbocycles. The van der Waals surface area contributed by atoms with Gasteiger partial charge in [0.05, 0.1) is 11.3 Å². The number of hydrogen-bond acceptors (Lipinski definition) is 9. The lowest BCUT2D eigenvalue weighted by atomic mass is 10.1. The van der Waals surface area contributed by atoms with E-state index in [1.807, 2.05) is 5.32 Å². The first-order valence-electron chi connectivity index (χ1n) is 10.7. The van der Waals surface area contributed by atoms with Gasteiger partial charge in [0.2, 0.25) is 0 Å². The molecule has 0 radical (unpaired) electrons. The summed E-state index contributed by atoms with van der Waals surface area (Å²) in [5.41, 5.74) is 1.33. The van der Waals surface area contributed by atoms with Gasteiger partial charge in [0.1, 0.15) is 17.1 Å². The topological polar surface area (TPSA) is 195 Å². The van der Waals surface area contributed by atoms with Crippen LogP contribution in [0.5, 0.6) is 23.0 Å². The van der Waals surface area contributed by atoms with E-state index in [1.54, 1.807) is 0 Å². The summed E-state index contributed by atoms with van der Waals surface area (Å²) in [6, 6.07) is 4.27. The maximum atomic E-state index is 15.1. The number of aliphatic hydroxyl groups excluding tert-OH is 1. The number of H-pyrrole nitrogens is 1. The number of halogens is 7. The Morgan fingerprint density at radius 2 is 1.50 bits per heavy atom. The van der Waals surface area contributed by atoms with Crippen molar-refractivity contribution in [2.45, 2.75) is 18.7 Å². The Kier molecular flexibility index (Phi) is 10.2. The van der Waals surface area contributed by atoms with Crippen LogP contribution in [0.4, 0.5) is 36.4 Å². The minimum atomic E-state index is -5.30. The summed E-state index contributed by atoms with van der Waals surface area (Å²) < 4.78 is 106. The lowest BCUT2D eigenvalue weighted by molar-refractivity contribution is -0.419. The Morgan fingerprint density at radius 3 is 2.05 bits per heavy atom. The molecule has 42 heavy (non-hydrogen) atoms. The average Bonchev–Trinajstić information content (AvgIpc) is 2.84. The minimum absolute atomic E-state index is 0.181. The number of ether oxygens (including phenoxy) is 3. The molecule has 3 rings (SSSR count). The van der Waals surface area contributed by atoms with Crippen molar-refractivity contribution in [3.63, 3.8) is 0 Å². The number of carbonyl (C=O) groups excluding carboxylic acids is 2. The highest BCUT2D eigenvalue weighted by Crippen LogP contribution is 2.41. The number of aliphatic hydroxyl groups is 4. The molecule has 19 heteroatoms. The Labute approximate surface area is 229 Å². The van der Waals surface area contributed by atoms with Crippen molar-refractivity contribution in [2.75, 3.05) is 12.4 Å². The average molecular weight is 614 g/mol. The Morgan fingerprint density at radius 1 is 0.881 bits per heavy atom. The van der Waals surface area contributed by atoms with Gasteiger partial charge in [0.15, 0.2) is 23.5 Å². The number of aromatic amines is 1. The van der Waals surface area contributed by atoms with Crippen LogP contribution in [0.1, 0.15) is 26.4 Å². The van der Waals surface area contributed by atoms with E-state index in [0.29, 0.717) is 24.3 Å².